The molecule has 0 saturated carbocycles. The van der Waals surface area contributed by atoms with Gasteiger partial charge in [0.2, 0.25) is 0 Å². The second-order valence-corrected chi connectivity index (χ2v) is 6.23. The highest BCUT2D eigenvalue weighted by atomic mass is 16.3. The topological polar surface area (TPSA) is 23.5 Å². The molecule has 2 aromatic rings. The van der Waals surface area contributed by atoms with Crippen molar-refractivity contribution in [1.82, 2.24) is 4.90 Å². The zero-order valence-electron chi connectivity index (χ0n) is 13.6. The number of benzene rings is 2. The van der Waals surface area contributed by atoms with Crippen LogP contribution in [0.1, 0.15) is 29.5 Å². The number of aryl methyl sites for hydroxylation is 1. The van der Waals surface area contributed by atoms with Gasteiger partial charge in [-0.3, -0.25) is 4.90 Å². The van der Waals surface area contributed by atoms with Crippen LogP contribution in [0.5, 0.6) is 0 Å². The summed E-state index contributed by atoms with van der Waals surface area (Å²) in [5.41, 5.74) is 1.56. The Bertz CT molecular complexity index is 690. The number of likely N-dealkylation sites (tertiary alicyclic amines) is 1. The van der Waals surface area contributed by atoms with Crippen molar-refractivity contribution in [3.63, 3.8) is 0 Å². The van der Waals surface area contributed by atoms with Gasteiger partial charge in [-0.15, -0.1) is 0 Å². The van der Waals surface area contributed by atoms with Crippen LogP contribution in [0, 0.1) is 18.8 Å². The molecule has 0 aliphatic carbocycles. The summed E-state index contributed by atoms with van der Waals surface area (Å²) >= 11 is 0. The van der Waals surface area contributed by atoms with Crippen molar-refractivity contribution >= 4 is 0 Å². The third kappa shape index (κ3) is 3.64. The number of nitrogens with zero attached hydrogens (tertiary/aromatic N) is 1. The van der Waals surface area contributed by atoms with E-state index in [4.69, 9.17) is 0 Å². The minimum absolute atomic E-state index is 0.723. The van der Waals surface area contributed by atoms with Crippen molar-refractivity contribution in [2.24, 2.45) is 0 Å². The molecule has 1 heterocycles. The molecule has 1 N–H and O–H groups in total. The highest BCUT2D eigenvalue weighted by Crippen LogP contribution is 2.29. The maximum Gasteiger partial charge on any atom is 0.176 e. The van der Waals surface area contributed by atoms with Gasteiger partial charge in [0.05, 0.1) is 6.54 Å². The van der Waals surface area contributed by atoms with Gasteiger partial charge in [0.25, 0.3) is 0 Å². The summed E-state index contributed by atoms with van der Waals surface area (Å²) in [6.07, 6.45) is 2.51. The van der Waals surface area contributed by atoms with E-state index >= 15 is 0 Å². The second kappa shape index (κ2) is 7.00. The standard InChI is InChI=1S/C21H23NO/c1-18-10-12-20(13-11-18)21(23,19-8-3-2-4-9-19)14-7-17-22-15-5-6-16-22/h2-4,8-13,23H,5-6,15-17H2,1H3. The molecule has 118 valence electrons. The summed E-state index contributed by atoms with van der Waals surface area (Å²) in [7, 11) is 0. The molecular weight excluding hydrogens is 282 g/mol. The first-order valence-corrected chi connectivity index (χ1v) is 8.26. The molecule has 23 heavy (non-hydrogen) atoms. The van der Waals surface area contributed by atoms with E-state index in [0.717, 1.165) is 30.8 Å². The van der Waals surface area contributed by atoms with Crippen LogP contribution in [0.4, 0.5) is 0 Å². The van der Waals surface area contributed by atoms with Gasteiger partial charge in [-0.2, -0.15) is 0 Å². The van der Waals surface area contributed by atoms with Gasteiger partial charge in [0.15, 0.2) is 5.60 Å². The summed E-state index contributed by atoms with van der Waals surface area (Å²) in [5, 5.41) is 11.3. The zero-order valence-corrected chi connectivity index (χ0v) is 13.6. The van der Waals surface area contributed by atoms with Gasteiger partial charge in [-0.05, 0) is 32.9 Å². The predicted octanol–water partition coefficient (Wildman–Crippen LogP) is 3.33. The number of aliphatic hydroxyl groups is 1. The van der Waals surface area contributed by atoms with E-state index in [0.29, 0.717) is 0 Å². The summed E-state index contributed by atoms with van der Waals surface area (Å²) in [6.45, 7) is 5.00. The lowest BCUT2D eigenvalue weighted by Gasteiger charge is -2.24. The Labute approximate surface area is 138 Å². The molecule has 1 aliphatic rings. The van der Waals surface area contributed by atoms with Gasteiger partial charge >= 0.3 is 0 Å². The summed E-state index contributed by atoms with van der Waals surface area (Å²) in [6, 6.07) is 17.7. The zero-order chi connectivity index (χ0) is 16.1. The van der Waals surface area contributed by atoms with Crippen molar-refractivity contribution < 1.29 is 5.11 Å². The van der Waals surface area contributed by atoms with Gasteiger partial charge in [0.1, 0.15) is 0 Å². The van der Waals surface area contributed by atoms with Crippen LogP contribution in [0.25, 0.3) is 0 Å². The Kier molecular flexibility index (Phi) is 4.81. The normalized spacial score (nSPS) is 17.3. The number of hydrogen-bond acceptors (Lipinski definition) is 2. The van der Waals surface area contributed by atoms with E-state index in [9.17, 15) is 5.11 Å². The number of hydrogen-bond donors (Lipinski definition) is 1. The Morgan fingerprint density at radius 2 is 1.57 bits per heavy atom. The Morgan fingerprint density at radius 1 is 0.957 bits per heavy atom. The molecule has 3 rings (SSSR count). The molecule has 1 fully saturated rings. The Hall–Kier alpha value is -2.08. The molecule has 1 aliphatic heterocycles. The van der Waals surface area contributed by atoms with Gasteiger partial charge in [-0.1, -0.05) is 72.0 Å². The third-order valence-electron chi connectivity index (χ3n) is 4.43. The Morgan fingerprint density at radius 3 is 2.22 bits per heavy atom. The summed E-state index contributed by atoms with van der Waals surface area (Å²) < 4.78 is 0. The maximum atomic E-state index is 11.3. The predicted molar refractivity (Wildman–Crippen MR) is 94.1 cm³/mol. The molecule has 2 nitrogen and oxygen atoms in total. The molecule has 0 bridgehead atoms. The fourth-order valence-corrected chi connectivity index (χ4v) is 3.01. The van der Waals surface area contributed by atoms with Gasteiger partial charge < -0.3 is 5.11 Å². The van der Waals surface area contributed by atoms with Crippen LogP contribution >= 0.6 is 0 Å². The largest absolute Gasteiger partial charge is 0.369 e. The first kappa shape index (κ1) is 15.8. The molecule has 1 unspecified atom stereocenters. The van der Waals surface area contributed by atoms with Crippen LogP contribution < -0.4 is 0 Å². The van der Waals surface area contributed by atoms with E-state index in [2.05, 4.69) is 16.7 Å². The van der Waals surface area contributed by atoms with Crippen LogP contribution in [0.3, 0.4) is 0 Å². The van der Waals surface area contributed by atoms with E-state index in [1.807, 2.05) is 61.5 Å². The summed E-state index contributed by atoms with van der Waals surface area (Å²) in [4.78, 5) is 2.34. The minimum Gasteiger partial charge on any atom is -0.369 e. The molecule has 0 spiro atoms. The fraction of sp³-hybridized carbons (Fsp3) is 0.333. The van der Waals surface area contributed by atoms with E-state index in [1.54, 1.807) is 0 Å². The molecule has 1 saturated heterocycles. The van der Waals surface area contributed by atoms with Gasteiger partial charge in [-0.25, -0.2) is 0 Å². The lowest BCUT2D eigenvalue weighted by molar-refractivity contribution is 0.145. The van der Waals surface area contributed by atoms with E-state index in [-0.39, 0.29) is 0 Å². The maximum absolute atomic E-state index is 11.3. The molecule has 2 aromatic carbocycles. The van der Waals surface area contributed by atoms with E-state index in [1.165, 1.54) is 18.4 Å². The Balaban J connectivity index is 1.93. The van der Waals surface area contributed by atoms with Crippen LogP contribution in [-0.2, 0) is 5.60 Å². The van der Waals surface area contributed by atoms with Crippen molar-refractivity contribution in [3.8, 4) is 11.8 Å². The highest BCUT2D eigenvalue weighted by molar-refractivity contribution is 5.45. The van der Waals surface area contributed by atoms with Gasteiger partial charge in [0, 0.05) is 11.1 Å². The SMILES string of the molecule is Cc1ccc(C(O)(C#CCN2CCCC2)c2ccccc2)cc1. The highest BCUT2D eigenvalue weighted by Gasteiger charge is 2.29. The second-order valence-electron chi connectivity index (χ2n) is 6.23. The molecular formula is C21H23NO. The first-order chi connectivity index (χ1) is 11.2. The first-order valence-electron chi connectivity index (χ1n) is 8.26. The fourth-order valence-electron chi connectivity index (χ4n) is 3.01. The molecule has 1 atom stereocenters. The third-order valence-corrected chi connectivity index (χ3v) is 4.43. The van der Waals surface area contributed by atoms with Crippen LogP contribution in [0.15, 0.2) is 54.6 Å². The van der Waals surface area contributed by atoms with Crippen molar-refractivity contribution in [2.45, 2.75) is 25.4 Å². The van der Waals surface area contributed by atoms with Crippen molar-refractivity contribution in [2.75, 3.05) is 19.6 Å². The smallest absolute Gasteiger partial charge is 0.176 e. The molecule has 2 heteroatoms. The number of rotatable bonds is 3. The van der Waals surface area contributed by atoms with Crippen LogP contribution in [-0.4, -0.2) is 29.6 Å². The lowest BCUT2D eigenvalue weighted by atomic mass is 9.86. The quantitative estimate of drug-likeness (QED) is 0.879. The minimum atomic E-state index is -1.26. The van der Waals surface area contributed by atoms with Crippen LogP contribution in [0.2, 0.25) is 0 Å². The lowest BCUT2D eigenvalue weighted by Crippen LogP contribution is -2.26. The molecule has 0 radical (unpaired) electrons. The average molecular weight is 305 g/mol. The van der Waals surface area contributed by atoms with Crippen molar-refractivity contribution in [1.29, 1.82) is 0 Å². The average Bonchev–Trinajstić information content (AvgIpc) is 3.09. The molecule has 0 aromatic heterocycles. The monoisotopic (exact) mass is 305 g/mol. The van der Waals surface area contributed by atoms with Crippen molar-refractivity contribution in [3.05, 3.63) is 71.3 Å². The molecule has 0 amide bonds. The van der Waals surface area contributed by atoms with E-state index < -0.39 is 5.60 Å². The summed E-state index contributed by atoms with van der Waals surface area (Å²) in [5.74, 6) is 6.34.